The van der Waals surface area contributed by atoms with Gasteiger partial charge >= 0.3 is 11.9 Å². The van der Waals surface area contributed by atoms with Gasteiger partial charge in [0.25, 0.3) is 10.1 Å². The van der Waals surface area contributed by atoms with Gasteiger partial charge in [0.05, 0.1) is 0 Å². The molecule has 0 fully saturated rings. The lowest BCUT2D eigenvalue weighted by molar-refractivity contribution is -0.156. The number of aliphatic hydroxyl groups is 1. The van der Waals surface area contributed by atoms with Crippen molar-refractivity contribution in [2.75, 3.05) is 0 Å². The van der Waals surface area contributed by atoms with Gasteiger partial charge in [-0.2, -0.15) is 8.42 Å². The summed E-state index contributed by atoms with van der Waals surface area (Å²) in [4.78, 5) is 20.7. The van der Waals surface area contributed by atoms with Gasteiger partial charge in [0.15, 0.2) is 6.10 Å². The highest BCUT2D eigenvalue weighted by Gasteiger charge is 2.55. The van der Waals surface area contributed by atoms with Gasteiger partial charge in [-0.15, -0.1) is 0 Å². The Morgan fingerprint density at radius 1 is 1.29 bits per heavy atom. The molecule has 0 spiro atoms. The van der Waals surface area contributed by atoms with Crippen LogP contribution in [0.4, 0.5) is 0 Å². The molecule has 0 radical (unpaired) electrons. The summed E-state index contributed by atoms with van der Waals surface area (Å²) in [5.41, 5.74) is 0. The van der Waals surface area contributed by atoms with Crippen LogP contribution in [-0.2, 0) is 19.7 Å². The Bertz CT molecular complexity index is 356. The topological polar surface area (TPSA) is 149 Å². The molecule has 0 aromatic carbocycles. The molecule has 0 bridgehead atoms. The van der Waals surface area contributed by atoms with E-state index in [0.717, 1.165) is 0 Å². The molecule has 9 heteroatoms. The maximum absolute atomic E-state index is 10.6. The Labute approximate surface area is 78.5 Å². The summed E-state index contributed by atoms with van der Waals surface area (Å²) in [5, 5.41) is 25.5. The van der Waals surface area contributed by atoms with E-state index >= 15 is 0 Å². The second kappa shape index (κ2) is 3.52. The lowest BCUT2D eigenvalue weighted by Crippen LogP contribution is -2.56. The van der Waals surface area contributed by atoms with Crippen LogP contribution in [-0.4, -0.2) is 51.1 Å². The molecule has 0 aliphatic carbocycles. The molecule has 0 saturated heterocycles. The highest BCUT2D eigenvalue weighted by atomic mass is 32.2. The first-order chi connectivity index (χ1) is 6.05. The number of rotatable bonds is 4. The molecule has 4 N–H and O–H groups in total. The van der Waals surface area contributed by atoms with E-state index in [2.05, 4.69) is 0 Å². The third-order valence-corrected chi connectivity index (χ3v) is 3.19. The van der Waals surface area contributed by atoms with Crippen LogP contribution in [0.25, 0.3) is 0 Å². The summed E-state index contributed by atoms with van der Waals surface area (Å²) in [6, 6.07) is 0. The average molecular weight is 228 g/mol. The van der Waals surface area contributed by atoms with Crippen molar-refractivity contribution in [2.24, 2.45) is 0 Å². The van der Waals surface area contributed by atoms with E-state index < -0.39 is 32.9 Å². The van der Waals surface area contributed by atoms with Gasteiger partial charge in [-0.25, -0.2) is 4.79 Å². The van der Waals surface area contributed by atoms with Crippen molar-refractivity contribution in [3.05, 3.63) is 0 Å². The van der Waals surface area contributed by atoms with E-state index in [1.54, 1.807) is 0 Å². The molecule has 82 valence electrons. The molecule has 0 aliphatic heterocycles. The highest BCUT2D eigenvalue weighted by Crippen LogP contribution is 2.21. The van der Waals surface area contributed by atoms with Gasteiger partial charge < -0.3 is 15.3 Å². The van der Waals surface area contributed by atoms with Crippen LogP contribution < -0.4 is 0 Å². The Morgan fingerprint density at radius 2 is 1.64 bits per heavy atom. The Balaban J connectivity index is 5.57. The molecule has 14 heavy (non-hydrogen) atoms. The number of hydrogen-bond acceptors (Lipinski definition) is 5. The maximum Gasteiger partial charge on any atom is 0.334 e. The van der Waals surface area contributed by atoms with Crippen LogP contribution in [0.1, 0.15) is 6.92 Å². The van der Waals surface area contributed by atoms with Crippen LogP contribution in [0.15, 0.2) is 0 Å². The zero-order valence-corrected chi connectivity index (χ0v) is 7.72. The highest BCUT2D eigenvalue weighted by molar-refractivity contribution is 7.88. The lowest BCUT2D eigenvalue weighted by atomic mass is 10.0. The van der Waals surface area contributed by atoms with Crippen molar-refractivity contribution in [3.63, 3.8) is 0 Å². The fraction of sp³-hybridized carbons (Fsp3) is 0.600. The molecule has 0 aromatic rings. The molecule has 8 nitrogen and oxygen atoms in total. The normalized spacial score (nSPS) is 18.2. The fourth-order valence-corrected chi connectivity index (χ4v) is 1.21. The van der Waals surface area contributed by atoms with Crippen molar-refractivity contribution in [1.82, 2.24) is 0 Å². The first kappa shape index (κ1) is 12.8. The Kier molecular flexibility index (Phi) is 3.22. The van der Waals surface area contributed by atoms with Crippen molar-refractivity contribution >= 4 is 22.1 Å². The third-order valence-electron chi connectivity index (χ3n) is 1.72. The number of aliphatic hydroxyl groups excluding tert-OH is 1. The zero-order chi connectivity index (χ0) is 11.7. The summed E-state index contributed by atoms with van der Waals surface area (Å²) in [7, 11) is -5.24. The molecule has 0 rings (SSSR count). The zero-order valence-electron chi connectivity index (χ0n) is 6.91. The second-order valence-corrected chi connectivity index (χ2v) is 4.43. The molecule has 0 amide bonds. The van der Waals surface area contributed by atoms with Crippen LogP contribution in [0.3, 0.4) is 0 Å². The molecule has 0 saturated carbocycles. The first-order valence-corrected chi connectivity index (χ1v) is 4.60. The standard InChI is InChI=1S/C5H8O8S/c1-5(4(9)10,14(11,12)13)2(6)3(7)8/h2,6H,1H3,(H,7,8)(H,9,10)(H,11,12,13). The smallest absolute Gasteiger partial charge is 0.334 e. The number of carboxylic acid groups (broad SMARTS) is 2. The number of aliphatic carboxylic acids is 2. The number of carbonyl (C=O) groups is 2. The molecular formula is C5H8O8S. The van der Waals surface area contributed by atoms with E-state index in [1.165, 1.54) is 0 Å². The molecular weight excluding hydrogens is 220 g/mol. The fourth-order valence-electron chi connectivity index (χ4n) is 0.604. The van der Waals surface area contributed by atoms with Crippen LogP contribution in [0.2, 0.25) is 0 Å². The predicted molar refractivity (Wildman–Crippen MR) is 41.2 cm³/mol. The number of carboxylic acids is 2. The van der Waals surface area contributed by atoms with E-state index in [-0.39, 0.29) is 0 Å². The number of hydrogen-bond donors (Lipinski definition) is 4. The molecule has 0 aromatic heterocycles. The largest absolute Gasteiger partial charge is 0.480 e. The van der Waals surface area contributed by atoms with Gasteiger partial charge in [0.2, 0.25) is 4.75 Å². The second-order valence-electron chi connectivity index (χ2n) is 2.63. The first-order valence-electron chi connectivity index (χ1n) is 3.16. The monoisotopic (exact) mass is 228 g/mol. The maximum atomic E-state index is 10.6. The Hall–Kier alpha value is -1.19. The van der Waals surface area contributed by atoms with Gasteiger partial charge in [-0.1, -0.05) is 0 Å². The molecule has 0 heterocycles. The summed E-state index contributed by atoms with van der Waals surface area (Å²) in [6.07, 6.45) is -2.75. The van der Waals surface area contributed by atoms with Crippen molar-refractivity contribution in [2.45, 2.75) is 17.8 Å². The SMILES string of the molecule is CC(C(=O)O)(C(O)C(=O)O)S(=O)(=O)O. The van der Waals surface area contributed by atoms with E-state index in [9.17, 15) is 18.0 Å². The van der Waals surface area contributed by atoms with Gasteiger partial charge in [-0.3, -0.25) is 9.35 Å². The van der Waals surface area contributed by atoms with E-state index in [0.29, 0.717) is 6.92 Å². The van der Waals surface area contributed by atoms with E-state index in [4.69, 9.17) is 19.9 Å². The van der Waals surface area contributed by atoms with Crippen molar-refractivity contribution in [3.8, 4) is 0 Å². The van der Waals surface area contributed by atoms with Crippen molar-refractivity contribution in [1.29, 1.82) is 0 Å². The van der Waals surface area contributed by atoms with Gasteiger partial charge in [0, 0.05) is 0 Å². The lowest BCUT2D eigenvalue weighted by Gasteiger charge is -2.23. The predicted octanol–water partition coefficient (Wildman–Crippen LogP) is -1.84. The summed E-state index contributed by atoms with van der Waals surface area (Å²) in [6.45, 7) is 0.392. The van der Waals surface area contributed by atoms with Gasteiger partial charge in [0.1, 0.15) is 0 Å². The van der Waals surface area contributed by atoms with Crippen molar-refractivity contribution < 1.29 is 37.9 Å². The third kappa shape index (κ3) is 1.84. The minimum atomic E-state index is -5.24. The summed E-state index contributed by atoms with van der Waals surface area (Å²) >= 11 is 0. The molecule has 2 atom stereocenters. The average Bonchev–Trinajstić information content (AvgIpc) is 1.98. The quantitative estimate of drug-likeness (QED) is 0.410. The van der Waals surface area contributed by atoms with Crippen LogP contribution >= 0.6 is 0 Å². The van der Waals surface area contributed by atoms with Gasteiger partial charge in [-0.05, 0) is 6.92 Å². The van der Waals surface area contributed by atoms with Crippen LogP contribution in [0, 0.1) is 0 Å². The Morgan fingerprint density at radius 3 is 1.71 bits per heavy atom. The molecule has 0 aliphatic rings. The summed E-state index contributed by atoms with van der Waals surface area (Å²) < 4.78 is 26.5. The van der Waals surface area contributed by atoms with Crippen LogP contribution in [0.5, 0.6) is 0 Å². The molecule has 2 unspecified atom stereocenters. The van der Waals surface area contributed by atoms with E-state index in [1.807, 2.05) is 0 Å². The minimum Gasteiger partial charge on any atom is -0.480 e. The minimum absolute atomic E-state index is 0.392. The summed E-state index contributed by atoms with van der Waals surface area (Å²) in [5.74, 6) is -4.22.